The molecule has 5 nitrogen and oxygen atoms in total. The van der Waals surface area contributed by atoms with Gasteiger partial charge < -0.3 is 11.1 Å². The lowest BCUT2D eigenvalue weighted by molar-refractivity contribution is -0.123. The number of hydrogen-bond donors (Lipinski definition) is 2. The summed E-state index contributed by atoms with van der Waals surface area (Å²) in [6.45, 7) is 7.60. The van der Waals surface area contributed by atoms with Gasteiger partial charge in [-0.25, -0.2) is 0 Å². The summed E-state index contributed by atoms with van der Waals surface area (Å²) in [5.74, 6) is -0.674. The van der Waals surface area contributed by atoms with Gasteiger partial charge in [-0.15, -0.1) is 0 Å². The van der Waals surface area contributed by atoms with Gasteiger partial charge in [-0.2, -0.15) is 0 Å². The van der Waals surface area contributed by atoms with E-state index in [4.69, 9.17) is 5.73 Å². The minimum absolute atomic E-state index is 0.00447. The first-order valence-electron chi connectivity index (χ1n) is 8.47. The Morgan fingerprint density at radius 3 is 2.22 bits per heavy atom. The Morgan fingerprint density at radius 1 is 1.09 bits per heavy atom. The normalized spacial score (nSPS) is 13.0. The van der Waals surface area contributed by atoms with E-state index in [0.29, 0.717) is 6.42 Å². The first-order valence-corrected chi connectivity index (χ1v) is 8.47. The number of nitrogens with two attached hydrogens (primary N) is 1. The molecule has 0 aliphatic rings. The molecule has 1 atom stereocenters. The van der Waals surface area contributed by atoms with Crippen LogP contribution in [0.5, 0.6) is 0 Å². The van der Waals surface area contributed by atoms with Crippen LogP contribution in [-0.2, 0) is 14.4 Å². The zero-order valence-corrected chi connectivity index (χ0v) is 15.0. The molecule has 23 heavy (non-hydrogen) atoms. The van der Waals surface area contributed by atoms with Crippen molar-refractivity contribution in [2.24, 2.45) is 11.1 Å². The minimum Gasteiger partial charge on any atom is -0.370 e. The van der Waals surface area contributed by atoms with E-state index in [2.05, 4.69) is 12.2 Å². The van der Waals surface area contributed by atoms with Crippen molar-refractivity contribution in [1.29, 1.82) is 0 Å². The Labute approximate surface area is 140 Å². The van der Waals surface area contributed by atoms with Crippen LogP contribution in [0.25, 0.3) is 0 Å². The molecule has 0 rings (SSSR count). The molecule has 0 aromatic carbocycles. The first-order chi connectivity index (χ1) is 10.7. The quantitative estimate of drug-likeness (QED) is 0.452. The first kappa shape index (κ1) is 21.4. The summed E-state index contributed by atoms with van der Waals surface area (Å²) in [6.07, 6.45) is 8.76. The van der Waals surface area contributed by atoms with Crippen LogP contribution in [0.15, 0.2) is 12.2 Å². The molecule has 0 aromatic rings. The van der Waals surface area contributed by atoms with E-state index in [1.165, 1.54) is 18.9 Å². The fraction of sp³-hybridized carbons (Fsp3) is 0.722. The molecule has 0 saturated heterocycles. The van der Waals surface area contributed by atoms with Gasteiger partial charge in [0.15, 0.2) is 5.78 Å². The third-order valence-electron chi connectivity index (χ3n) is 3.49. The van der Waals surface area contributed by atoms with E-state index in [1.54, 1.807) is 6.08 Å². The van der Waals surface area contributed by atoms with Crippen molar-refractivity contribution in [3.05, 3.63) is 12.2 Å². The smallest absolute Gasteiger partial charge is 0.220 e. The van der Waals surface area contributed by atoms with Crippen LogP contribution in [0, 0.1) is 5.41 Å². The predicted molar refractivity (Wildman–Crippen MR) is 92.7 cm³/mol. The van der Waals surface area contributed by atoms with E-state index in [-0.39, 0.29) is 18.1 Å². The van der Waals surface area contributed by atoms with Gasteiger partial charge >= 0.3 is 0 Å². The molecule has 0 spiro atoms. The summed E-state index contributed by atoms with van der Waals surface area (Å²) in [5, 5.41) is 2.77. The van der Waals surface area contributed by atoms with Gasteiger partial charge in [0.1, 0.15) is 0 Å². The molecule has 0 heterocycles. The van der Waals surface area contributed by atoms with Crippen LogP contribution < -0.4 is 11.1 Å². The second kappa shape index (κ2) is 11.0. The number of nitrogens with one attached hydrogen (secondary N) is 1. The van der Waals surface area contributed by atoms with Gasteiger partial charge in [-0.05, 0) is 12.5 Å². The molecule has 0 bridgehead atoms. The van der Waals surface area contributed by atoms with Gasteiger partial charge in [0.2, 0.25) is 11.8 Å². The zero-order chi connectivity index (χ0) is 17.9. The molecule has 0 aliphatic carbocycles. The van der Waals surface area contributed by atoms with E-state index >= 15 is 0 Å². The maximum Gasteiger partial charge on any atom is 0.220 e. The SMILES string of the molecule is CCCCCCCC(=O)N[C@@H](/C=C/C(=O)C(C)(C)C)CC(N)=O. The molecular formula is C18H32N2O3. The molecule has 0 radical (unpaired) electrons. The highest BCUT2D eigenvalue weighted by Crippen LogP contribution is 2.15. The largest absolute Gasteiger partial charge is 0.370 e. The van der Waals surface area contributed by atoms with Crippen molar-refractivity contribution >= 4 is 17.6 Å². The average molecular weight is 324 g/mol. The van der Waals surface area contributed by atoms with E-state index < -0.39 is 17.4 Å². The summed E-state index contributed by atoms with van der Waals surface area (Å²) in [5.41, 5.74) is 4.72. The Balaban J connectivity index is 4.44. The number of carbonyl (C=O) groups excluding carboxylic acids is 3. The summed E-state index contributed by atoms with van der Waals surface area (Å²) < 4.78 is 0. The standard InChI is InChI=1S/C18H32N2O3/c1-5-6-7-8-9-10-17(23)20-14(13-16(19)22)11-12-15(21)18(2,3)4/h11-12,14H,5-10,13H2,1-4H3,(H2,19,22)(H,20,23)/b12-11+/t14-/m0/s1. The predicted octanol–water partition coefficient (Wildman–Crippen LogP) is 2.88. The van der Waals surface area contributed by atoms with Gasteiger partial charge in [0, 0.05) is 11.8 Å². The highest BCUT2D eigenvalue weighted by Gasteiger charge is 2.19. The lowest BCUT2D eigenvalue weighted by atomic mass is 9.90. The van der Waals surface area contributed by atoms with Crippen molar-refractivity contribution in [3.8, 4) is 0 Å². The van der Waals surface area contributed by atoms with Crippen molar-refractivity contribution in [2.75, 3.05) is 0 Å². The molecule has 0 unspecified atom stereocenters. The van der Waals surface area contributed by atoms with Crippen molar-refractivity contribution in [2.45, 2.75) is 78.7 Å². The number of carbonyl (C=O) groups is 3. The summed E-state index contributed by atoms with van der Waals surface area (Å²) in [6, 6.07) is -0.526. The number of unbranched alkanes of at least 4 members (excludes halogenated alkanes) is 4. The van der Waals surface area contributed by atoms with Gasteiger partial charge in [-0.3, -0.25) is 14.4 Å². The Bertz CT molecular complexity index is 422. The van der Waals surface area contributed by atoms with Crippen molar-refractivity contribution < 1.29 is 14.4 Å². The molecule has 3 N–H and O–H groups in total. The van der Waals surface area contributed by atoms with Crippen LogP contribution in [-0.4, -0.2) is 23.6 Å². The fourth-order valence-electron chi connectivity index (χ4n) is 2.01. The molecule has 0 fully saturated rings. The molecule has 0 saturated carbocycles. The van der Waals surface area contributed by atoms with E-state index in [9.17, 15) is 14.4 Å². The summed E-state index contributed by atoms with van der Waals surface area (Å²) in [4.78, 5) is 34.9. The molecule has 132 valence electrons. The number of hydrogen-bond acceptors (Lipinski definition) is 3. The van der Waals surface area contributed by atoms with Crippen molar-refractivity contribution in [3.63, 3.8) is 0 Å². The monoisotopic (exact) mass is 324 g/mol. The maximum atomic E-state index is 11.9. The van der Waals surface area contributed by atoms with Crippen LogP contribution in [0.2, 0.25) is 0 Å². The molecular weight excluding hydrogens is 292 g/mol. The lowest BCUT2D eigenvalue weighted by Crippen LogP contribution is -2.36. The molecule has 5 heteroatoms. The van der Waals surface area contributed by atoms with Gasteiger partial charge in [-0.1, -0.05) is 59.5 Å². The molecule has 2 amide bonds. The van der Waals surface area contributed by atoms with E-state index in [1.807, 2.05) is 20.8 Å². The third kappa shape index (κ3) is 11.6. The third-order valence-corrected chi connectivity index (χ3v) is 3.49. The Kier molecular flexibility index (Phi) is 10.2. The zero-order valence-electron chi connectivity index (χ0n) is 15.0. The van der Waals surface area contributed by atoms with Gasteiger partial charge in [0.05, 0.1) is 12.5 Å². The summed E-state index contributed by atoms with van der Waals surface area (Å²) >= 11 is 0. The Hall–Kier alpha value is -1.65. The van der Waals surface area contributed by atoms with Gasteiger partial charge in [0.25, 0.3) is 0 Å². The summed E-state index contributed by atoms with van der Waals surface area (Å²) in [7, 11) is 0. The highest BCUT2D eigenvalue weighted by atomic mass is 16.2. The lowest BCUT2D eigenvalue weighted by Gasteiger charge is -2.16. The second-order valence-electron chi connectivity index (χ2n) is 6.98. The maximum absolute atomic E-state index is 11.9. The molecule has 0 aromatic heterocycles. The van der Waals surface area contributed by atoms with Crippen LogP contribution in [0.4, 0.5) is 0 Å². The number of amides is 2. The van der Waals surface area contributed by atoms with Crippen molar-refractivity contribution in [1.82, 2.24) is 5.32 Å². The Morgan fingerprint density at radius 2 is 1.70 bits per heavy atom. The molecule has 0 aliphatic heterocycles. The number of primary amides is 1. The second-order valence-corrected chi connectivity index (χ2v) is 6.98. The fourth-order valence-corrected chi connectivity index (χ4v) is 2.01. The van der Waals surface area contributed by atoms with E-state index in [0.717, 1.165) is 19.3 Å². The average Bonchev–Trinajstić information content (AvgIpc) is 2.42. The number of rotatable bonds is 11. The van der Waals surface area contributed by atoms with Crippen LogP contribution >= 0.6 is 0 Å². The number of ketones is 1. The number of allylic oxidation sites excluding steroid dienone is 1. The minimum atomic E-state index is -0.526. The van der Waals surface area contributed by atoms with Crippen LogP contribution in [0.1, 0.15) is 72.6 Å². The van der Waals surface area contributed by atoms with Crippen LogP contribution in [0.3, 0.4) is 0 Å². The highest BCUT2D eigenvalue weighted by molar-refractivity contribution is 5.94. The topological polar surface area (TPSA) is 89.3 Å².